The lowest BCUT2D eigenvalue weighted by Crippen LogP contribution is -2.46. The third kappa shape index (κ3) is 3.00. The quantitative estimate of drug-likeness (QED) is 0.790. The molecule has 0 spiro atoms. The van der Waals surface area contributed by atoms with Crippen LogP contribution in [0.25, 0.3) is 0 Å². The molecule has 0 bridgehead atoms. The molecule has 0 aliphatic heterocycles. The number of anilines is 1. The molecule has 0 aromatic heterocycles. The molecule has 3 nitrogen and oxygen atoms in total. The van der Waals surface area contributed by atoms with E-state index in [9.17, 15) is 9.18 Å². The third-order valence-electron chi connectivity index (χ3n) is 3.12. The second-order valence-corrected chi connectivity index (χ2v) is 4.11. The number of esters is 1. The van der Waals surface area contributed by atoms with E-state index in [4.69, 9.17) is 4.74 Å². The summed E-state index contributed by atoms with van der Waals surface area (Å²) in [5.41, 5.74) is -0.535. The van der Waals surface area contributed by atoms with E-state index in [-0.39, 0.29) is 11.8 Å². The van der Waals surface area contributed by atoms with Gasteiger partial charge < -0.3 is 10.1 Å². The molecular formula is C14H20FNO2. The molecule has 1 aromatic carbocycles. The predicted molar refractivity (Wildman–Crippen MR) is 70.0 cm³/mol. The number of carbonyl (C=O) groups is 1. The average Bonchev–Trinajstić information content (AvgIpc) is 2.38. The number of halogens is 1. The van der Waals surface area contributed by atoms with Crippen LogP contribution in [0.15, 0.2) is 24.3 Å². The van der Waals surface area contributed by atoms with Gasteiger partial charge >= 0.3 is 5.97 Å². The van der Waals surface area contributed by atoms with E-state index in [0.717, 1.165) is 0 Å². The first-order chi connectivity index (χ1) is 8.59. The van der Waals surface area contributed by atoms with Gasteiger partial charge in [0.15, 0.2) is 0 Å². The molecule has 0 saturated heterocycles. The highest BCUT2D eigenvalue weighted by molar-refractivity contribution is 5.84. The van der Waals surface area contributed by atoms with Gasteiger partial charge in [0.1, 0.15) is 11.4 Å². The summed E-state index contributed by atoms with van der Waals surface area (Å²) in [6.45, 7) is 5.85. The molecule has 18 heavy (non-hydrogen) atoms. The molecule has 1 N–H and O–H groups in total. The van der Waals surface area contributed by atoms with Gasteiger partial charge in [0.2, 0.25) is 0 Å². The Labute approximate surface area is 107 Å². The topological polar surface area (TPSA) is 38.3 Å². The Morgan fingerprint density at radius 1 is 1.28 bits per heavy atom. The van der Waals surface area contributed by atoms with E-state index in [2.05, 4.69) is 5.32 Å². The van der Waals surface area contributed by atoms with Gasteiger partial charge in [-0.15, -0.1) is 0 Å². The highest BCUT2D eigenvalue weighted by Crippen LogP contribution is 2.25. The van der Waals surface area contributed by atoms with Crippen LogP contribution in [-0.2, 0) is 9.53 Å². The fourth-order valence-corrected chi connectivity index (χ4v) is 1.86. The van der Waals surface area contributed by atoms with Crippen molar-refractivity contribution in [2.24, 2.45) is 0 Å². The zero-order chi connectivity index (χ0) is 13.6. The van der Waals surface area contributed by atoms with E-state index in [0.29, 0.717) is 25.1 Å². The van der Waals surface area contributed by atoms with Crippen molar-refractivity contribution in [2.75, 3.05) is 11.9 Å². The lowest BCUT2D eigenvalue weighted by atomic mass is 9.92. The Bertz CT molecular complexity index is 403. The zero-order valence-electron chi connectivity index (χ0n) is 11.1. The van der Waals surface area contributed by atoms with Crippen LogP contribution in [0.2, 0.25) is 0 Å². The Morgan fingerprint density at radius 3 is 2.39 bits per heavy atom. The van der Waals surface area contributed by atoms with Gasteiger partial charge in [0, 0.05) is 0 Å². The maximum Gasteiger partial charge on any atom is 0.331 e. The van der Waals surface area contributed by atoms with E-state index in [1.54, 1.807) is 25.1 Å². The van der Waals surface area contributed by atoms with E-state index < -0.39 is 5.54 Å². The first-order valence-corrected chi connectivity index (χ1v) is 6.29. The maximum atomic E-state index is 13.6. The van der Waals surface area contributed by atoms with Crippen LogP contribution in [0.1, 0.15) is 33.6 Å². The Morgan fingerprint density at radius 2 is 1.89 bits per heavy atom. The van der Waals surface area contributed by atoms with Crippen LogP contribution in [0.3, 0.4) is 0 Å². The minimum absolute atomic E-state index is 0.319. The molecule has 0 atom stereocenters. The molecule has 0 aliphatic carbocycles. The molecule has 0 unspecified atom stereocenters. The van der Waals surface area contributed by atoms with Gasteiger partial charge in [-0.3, -0.25) is 0 Å². The summed E-state index contributed by atoms with van der Waals surface area (Å²) in [6.07, 6.45) is 1.08. The average molecular weight is 253 g/mol. The highest BCUT2D eigenvalue weighted by Gasteiger charge is 2.36. The van der Waals surface area contributed by atoms with Crippen molar-refractivity contribution in [2.45, 2.75) is 39.2 Å². The largest absolute Gasteiger partial charge is 0.464 e. The summed E-state index contributed by atoms with van der Waals surface area (Å²) in [5, 5.41) is 3.00. The van der Waals surface area contributed by atoms with Crippen molar-refractivity contribution in [1.29, 1.82) is 0 Å². The monoisotopic (exact) mass is 253 g/mol. The van der Waals surface area contributed by atoms with E-state index in [1.165, 1.54) is 6.07 Å². The number of carbonyl (C=O) groups excluding carboxylic acids is 1. The van der Waals surface area contributed by atoms with Gasteiger partial charge in [0.25, 0.3) is 0 Å². The lowest BCUT2D eigenvalue weighted by Gasteiger charge is -2.31. The smallest absolute Gasteiger partial charge is 0.331 e. The van der Waals surface area contributed by atoms with Gasteiger partial charge in [-0.1, -0.05) is 26.0 Å². The minimum atomic E-state index is -0.863. The molecule has 100 valence electrons. The van der Waals surface area contributed by atoms with Crippen molar-refractivity contribution < 1.29 is 13.9 Å². The number of ether oxygens (including phenoxy) is 1. The molecule has 0 amide bonds. The van der Waals surface area contributed by atoms with Crippen molar-refractivity contribution in [3.63, 3.8) is 0 Å². The van der Waals surface area contributed by atoms with Gasteiger partial charge in [-0.2, -0.15) is 0 Å². The second-order valence-electron chi connectivity index (χ2n) is 4.11. The number of para-hydroxylation sites is 1. The SMILES string of the molecule is CCOC(=O)C(CC)(CC)Nc1ccccc1F. The summed E-state index contributed by atoms with van der Waals surface area (Å²) in [7, 11) is 0. The van der Waals surface area contributed by atoms with Crippen LogP contribution in [0.5, 0.6) is 0 Å². The van der Waals surface area contributed by atoms with Crippen LogP contribution in [0.4, 0.5) is 10.1 Å². The van der Waals surface area contributed by atoms with Gasteiger partial charge in [-0.05, 0) is 31.9 Å². The van der Waals surface area contributed by atoms with Crippen LogP contribution < -0.4 is 5.32 Å². The van der Waals surface area contributed by atoms with Gasteiger partial charge in [-0.25, -0.2) is 9.18 Å². The maximum absolute atomic E-state index is 13.6. The summed E-state index contributed by atoms with van der Waals surface area (Å²) in [4.78, 5) is 12.0. The number of benzene rings is 1. The molecule has 0 radical (unpaired) electrons. The van der Waals surface area contributed by atoms with Gasteiger partial charge in [0.05, 0.1) is 12.3 Å². The molecule has 1 aromatic rings. The Balaban J connectivity index is 2.99. The predicted octanol–water partition coefficient (Wildman–Crippen LogP) is 3.36. The number of hydrogen-bond donors (Lipinski definition) is 1. The number of nitrogens with one attached hydrogen (secondary N) is 1. The molecule has 0 aliphatic rings. The molecular weight excluding hydrogens is 233 g/mol. The van der Waals surface area contributed by atoms with Crippen molar-refractivity contribution in [3.8, 4) is 0 Å². The van der Waals surface area contributed by atoms with E-state index in [1.807, 2.05) is 13.8 Å². The summed E-state index contributed by atoms with van der Waals surface area (Å²) >= 11 is 0. The normalized spacial score (nSPS) is 11.1. The minimum Gasteiger partial charge on any atom is -0.464 e. The Kier molecular flexibility index (Phi) is 5.13. The molecule has 0 heterocycles. The fourth-order valence-electron chi connectivity index (χ4n) is 1.86. The second kappa shape index (κ2) is 6.38. The fraction of sp³-hybridized carbons (Fsp3) is 0.500. The first-order valence-electron chi connectivity index (χ1n) is 6.29. The molecule has 4 heteroatoms. The highest BCUT2D eigenvalue weighted by atomic mass is 19.1. The standard InChI is InChI=1S/C14H20FNO2/c1-4-14(5-2,13(17)18-6-3)16-12-10-8-7-9-11(12)15/h7-10,16H,4-6H2,1-3H3. The van der Waals surface area contributed by atoms with Crippen molar-refractivity contribution >= 4 is 11.7 Å². The van der Waals surface area contributed by atoms with Crippen molar-refractivity contribution in [3.05, 3.63) is 30.1 Å². The third-order valence-corrected chi connectivity index (χ3v) is 3.12. The number of hydrogen-bond acceptors (Lipinski definition) is 3. The van der Waals surface area contributed by atoms with Crippen LogP contribution in [-0.4, -0.2) is 18.1 Å². The molecule has 0 fully saturated rings. The van der Waals surface area contributed by atoms with Crippen LogP contribution in [0, 0.1) is 5.82 Å². The summed E-state index contributed by atoms with van der Waals surface area (Å²) < 4.78 is 18.7. The Hall–Kier alpha value is -1.58. The van der Waals surface area contributed by atoms with Crippen LogP contribution >= 0.6 is 0 Å². The molecule has 0 saturated carbocycles. The number of rotatable bonds is 6. The summed E-state index contributed by atoms with van der Waals surface area (Å²) in [6, 6.07) is 6.33. The zero-order valence-corrected chi connectivity index (χ0v) is 11.1. The lowest BCUT2D eigenvalue weighted by molar-refractivity contribution is -0.148. The summed E-state index contributed by atoms with van der Waals surface area (Å²) in [5.74, 6) is -0.702. The first kappa shape index (κ1) is 14.5. The van der Waals surface area contributed by atoms with Crippen molar-refractivity contribution in [1.82, 2.24) is 0 Å². The van der Waals surface area contributed by atoms with E-state index >= 15 is 0 Å². The molecule has 1 rings (SSSR count).